The third-order valence-electron chi connectivity index (χ3n) is 5.49. The van der Waals surface area contributed by atoms with Crippen LogP contribution in [0.3, 0.4) is 0 Å². The van der Waals surface area contributed by atoms with Gasteiger partial charge in [-0.15, -0.1) is 24.0 Å². The van der Waals surface area contributed by atoms with Gasteiger partial charge in [0.25, 0.3) is 0 Å². The van der Waals surface area contributed by atoms with E-state index in [1.54, 1.807) is 26.1 Å². The average Bonchev–Trinajstić information content (AvgIpc) is 2.68. The third kappa shape index (κ3) is 8.00. The Labute approximate surface area is 186 Å². The van der Waals surface area contributed by atoms with E-state index in [1.807, 2.05) is 0 Å². The molecule has 164 valence electrons. The summed E-state index contributed by atoms with van der Waals surface area (Å²) in [5.41, 5.74) is -0.212. The van der Waals surface area contributed by atoms with Crippen LogP contribution in [-0.2, 0) is 14.3 Å². The normalized spacial score (nSPS) is 20.9. The maximum absolute atomic E-state index is 11.9. The van der Waals surface area contributed by atoms with E-state index >= 15 is 0 Å². The van der Waals surface area contributed by atoms with Crippen LogP contribution in [0.2, 0.25) is 0 Å². The van der Waals surface area contributed by atoms with Crippen LogP contribution in [0.4, 0.5) is 0 Å². The Morgan fingerprint density at radius 2 is 1.93 bits per heavy atom. The van der Waals surface area contributed by atoms with Gasteiger partial charge in [-0.3, -0.25) is 14.7 Å². The van der Waals surface area contributed by atoms with Gasteiger partial charge in [0.15, 0.2) is 5.96 Å². The number of carbonyl (C=O) groups is 1. The summed E-state index contributed by atoms with van der Waals surface area (Å²) in [6, 6.07) is 0.377. The Morgan fingerprint density at radius 3 is 2.46 bits per heavy atom. The third-order valence-corrected chi connectivity index (χ3v) is 5.49. The number of carbonyl (C=O) groups excluding carboxylic acids is 1. The lowest BCUT2D eigenvalue weighted by Crippen LogP contribution is -2.50. The zero-order chi connectivity index (χ0) is 19.7. The molecule has 2 N–H and O–H groups in total. The van der Waals surface area contributed by atoms with Crippen molar-refractivity contribution in [3.05, 3.63) is 0 Å². The number of hydrogen-bond donors (Lipinski definition) is 2. The van der Waals surface area contributed by atoms with Crippen LogP contribution in [-0.4, -0.2) is 100 Å². The van der Waals surface area contributed by atoms with Gasteiger partial charge in [0.1, 0.15) is 0 Å². The van der Waals surface area contributed by atoms with Crippen molar-refractivity contribution in [3.63, 3.8) is 0 Å². The van der Waals surface area contributed by atoms with Gasteiger partial charge in [-0.05, 0) is 19.8 Å². The SMILES string of the molecule is CCNC(=NCC1(OC)CCOCC1)NC1CCN(CC(=O)N(C)C)CC1.I. The van der Waals surface area contributed by atoms with E-state index in [0.717, 1.165) is 64.5 Å². The maximum atomic E-state index is 11.9. The average molecular weight is 511 g/mol. The Balaban J connectivity index is 0.00000392. The highest BCUT2D eigenvalue weighted by atomic mass is 127. The van der Waals surface area contributed by atoms with Crippen molar-refractivity contribution in [2.75, 3.05) is 67.1 Å². The first-order valence-electron chi connectivity index (χ1n) is 10.1. The lowest BCUT2D eigenvalue weighted by atomic mass is 9.94. The molecule has 0 spiro atoms. The molecule has 0 aromatic carbocycles. The van der Waals surface area contributed by atoms with E-state index < -0.39 is 0 Å². The number of amides is 1. The van der Waals surface area contributed by atoms with Crippen LogP contribution in [0.5, 0.6) is 0 Å². The molecular formula is C19H38IN5O3. The van der Waals surface area contributed by atoms with Crippen LogP contribution < -0.4 is 10.6 Å². The molecule has 2 aliphatic heterocycles. The van der Waals surface area contributed by atoms with E-state index in [-0.39, 0.29) is 35.5 Å². The van der Waals surface area contributed by atoms with E-state index in [9.17, 15) is 4.79 Å². The number of piperidine rings is 1. The van der Waals surface area contributed by atoms with Crippen LogP contribution >= 0.6 is 24.0 Å². The smallest absolute Gasteiger partial charge is 0.236 e. The summed E-state index contributed by atoms with van der Waals surface area (Å²) < 4.78 is 11.2. The Morgan fingerprint density at radius 1 is 1.29 bits per heavy atom. The fourth-order valence-corrected chi connectivity index (χ4v) is 3.47. The first kappa shape index (κ1) is 25.4. The molecule has 28 heavy (non-hydrogen) atoms. The van der Waals surface area contributed by atoms with Crippen molar-refractivity contribution in [1.29, 1.82) is 0 Å². The fourth-order valence-electron chi connectivity index (χ4n) is 3.47. The van der Waals surface area contributed by atoms with E-state index in [4.69, 9.17) is 14.5 Å². The highest BCUT2D eigenvalue weighted by Gasteiger charge is 2.32. The zero-order valence-corrected chi connectivity index (χ0v) is 20.2. The molecule has 0 unspecified atom stereocenters. The predicted molar refractivity (Wildman–Crippen MR) is 122 cm³/mol. The molecule has 9 heteroatoms. The predicted octanol–water partition coefficient (Wildman–Crippen LogP) is 0.908. The van der Waals surface area contributed by atoms with Gasteiger partial charge in [-0.1, -0.05) is 0 Å². The summed E-state index contributed by atoms with van der Waals surface area (Å²) in [5.74, 6) is 1.01. The van der Waals surface area contributed by atoms with Gasteiger partial charge in [0, 0.05) is 72.9 Å². The second-order valence-corrected chi connectivity index (χ2v) is 7.68. The quantitative estimate of drug-likeness (QED) is 0.301. The lowest BCUT2D eigenvalue weighted by molar-refractivity contribution is -0.130. The van der Waals surface area contributed by atoms with Crippen LogP contribution in [0, 0.1) is 0 Å². The van der Waals surface area contributed by atoms with E-state index in [0.29, 0.717) is 19.1 Å². The molecule has 0 bridgehead atoms. The molecule has 0 saturated carbocycles. The Bertz CT molecular complexity index is 490. The van der Waals surface area contributed by atoms with Crippen LogP contribution in [0.25, 0.3) is 0 Å². The summed E-state index contributed by atoms with van der Waals surface area (Å²) in [7, 11) is 5.38. The minimum Gasteiger partial charge on any atom is -0.381 e. The molecule has 2 aliphatic rings. The van der Waals surface area contributed by atoms with Gasteiger partial charge in [0.2, 0.25) is 5.91 Å². The van der Waals surface area contributed by atoms with Crippen molar-refractivity contribution in [3.8, 4) is 0 Å². The summed E-state index contributed by atoms with van der Waals surface area (Å²) in [4.78, 5) is 20.6. The van der Waals surface area contributed by atoms with Gasteiger partial charge in [0.05, 0.1) is 18.7 Å². The van der Waals surface area contributed by atoms with E-state index in [2.05, 4.69) is 22.5 Å². The number of ether oxygens (including phenoxy) is 2. The van der Waals surface area contributed by atoms with Crippen LogP contribution in [0.1, 0.15) is 32.6 Å². The number of nitrogens with zero attached hydrogens (tertiary/aromatic N) is 3. The van der Waals surface area contributed by atoms with E-state index in [1.165, 1.54) is 0 Å². The number of likely N-dealkylation sites (tertiary alicyclic amines) is 1. The van der Waals surface area contributed by atoms with Crippen molar-refractivity contribution < 1.29 is 14.3 Å². The molecule has 2 heterocycles. The van der Waals surface area contributed by atoms with Crippen molar-refractivity contribution in [2.24, 2.45) is 4.99 Å². The number of methoxy groups -OCH3 is 1. The number of guanidine groups is 1. The molecule has 0 radical (unpaired) electrons. The Hall–Kier alpha value is -0.650. The zero-order valence-electron chi connectivity index (χ0n) is 17.8. The monoisotopic (exact) mass is 511 g/mol. The lowest BCUT2D eigenvalue weighted by Gasteiger charge is -2.35. The summed E-state index contributed by atoms with van der Waals surface area (Å²) in [5, 5.41) is 6.91. The topological polar surface area (TPSA) is 78.4 Å². The van der Waals surface area contributed by atoms with Gasteiger partial charge in [-0.2, -0.15) is 0 Å². The summed E-state index contributed by atoms with van der Waals surface area (Å²) in [6.07, 6.45) is 3.78. The number of likely N-dealkylation sites (N-methyl/N-ethyl adjacent to an activating group) is 1. The standard InChI is InChI=1S/C19H37N5O3.HI/c1-5-20-18(21-15-19(26-4)8-12-27-13-9-19)22-16-6-10-24(11-7-16)14-17(25)23(2)3;/h16H,5-15H2,1-4H3,(H2,20,21,22);1H. The highest BCUT2D eigenvalue weighted by Crippen LogP contribution is 2.24. The van der Waals surface area contributed by atoms with Crippen LogP contribution in [0.15, 0.2) is 4.99 Å². The second kappa shape index (κ2) is 12.8. The molecule has 0 aliphatic carbocycles. The first-order chi connectivity index (χ1) is 13.0. The fraction of sp³-hybridized carbons (Fsp3) is 0.895. The van der Waals surface area contributed by atoms with Gasteiger partial charge < -0.3 is 25.0 Å². The van der Waals surface area contributed by atoms with Gasteiger partial charge in [-0.25, -0.2) is 0 Å². The number of nitrogens with one attached hydrogen (secondary N) is 2. The summed E-state index contributed by atoms with van der Waals surface area (Å²) in [6.45, 7) is 7.36. The van der Waals surface area contributed by atoms with Gasteiger partial charge >= 0.3 is 0 Å². The molecule has 1 amide bonds. The molecule has 2 fully saturated rings. The Kier molecular flexibility index (Phi) is 11.6. The molecular weight excluding hydrogens is 473 g/mol. The van der Waals surface area contributed by atoms with Crippen molar-refractivity contribution >= 4 is 35.8 Å². The molecule has 8 nitrogen and oxygen atoms in total. The van der Waals surface area contributed by atoms with Crippen molar-refractivity contribution in [1.82, 2.24) is 20.4 Å². The number of hydrogen-bond acceptors (Lipinski definition) is 5. The largest absolute Gasteiger partial charge is 0.381 e. The molecule has 2 rings (SSSR count). The second-order valence-electron chi connectivity index (χ2n) is 7.68. The highest BCUT2D eigenvalue weighted by molar-refractivity contribution is 14.0. The molecule has 0 aromatic heterocycles. The number of aliphatic imine (C=N–C) groups is 1. The first-order valence-corrected chi connectivity index (χ1v) is 10.1. The minimum absolute atomic E-state index is 0. The van der Waals surface area contributed by atoms with Crippen molar-refractivity contribution in [2.45, 2.75) is 44.2 Å². The molecule has 0 aromatic rings. The summed E-state index contributed by atoms with van der Waals surface area (Å²) >= 11 is 0. The number of rotatable bonds is 7. The number of halogens is 1. The molecule has 2 saturated heterocycles. The minimum atomic E-state index is -0.212. The molecule has 0 atom stereocenters. The maximum Gasteiger partial charge on any atom is 0.236 e.